The number of hydrogen-bond donors (Lipinski definition) is 2. The molecule has 0 bridgehead atoms. The monoisotopic (exact) mass is 413 g/mol. The van der Waals surface area contributed by atoms with Gasteiger partial charge in [0, 0.05) is 22.7 Å². The number of carbonyl (C=O) groups is 2. The summed E-state index contributed by atoms with van der Waals surface area (Å²) in [7, 11) is 0. The molecule has 3 aromatic rings. The molecule has 0 spiro atoms. The van der Waals surface area contributed by atoms with E-state index in [1.165, 1.54) is 22.8 Å². The number of hydrogen-bond acceptors (Lipinski definition) is 3. The maximum Gasteiger partial charge on any atom is 0.267 e. The number of halogens is 2. The molecule has 1 aliphatic rings. The number of carbonyl (C=O) groups excluding carboxylic acids is 2. The van der Waals surface area contributed by atoms with Gasteiger partial charge in [-0.05, 0) is 69.3 Å². The second-order valence-electron chi connectivity index (χ2n) is 7.31. The van der Waals surface area contributed by atoms with E-state index in [0.717, 1.165) is 31.3 Å². The van der Waals surface area contributed by atoms with Gasteiger partial charge in [-0.15, -0.1) is 0 Å². The number of piperidine rings is 1. The fourth-order valence-electron chi connectivity index (χ4n) is 3.84. The Morgan fingerprint density at radius 3 is 2.66 bits per heavy atom. The molecule has 150 valence electrons. The number of amides is 1. The lowest BCUT2D eigenvalue weighted by Gasteiger charge is -2.21. The van der Waals surface area contributed by atoms with E-state index in [2.05, 4.69) is 10.6 Å². The third-order valence-corrected chi connectivity index (χ3v) is 5.66. The van der Waals surface area contributed by atoms with Crippen LogP contribution in [0.2, 0.25) is 5.02 Å². The van der Waals surface area contributed by atoms with Crippen molar-refractivity contribution in [2.24, 2.45) is 5.92 Å². The third-order valence-electron chi connectivity index (χ3n) is 5.34. The van der Waals surface area contributed by atoms with Crippen LogP contribution in [0.5, 0.6) is 0 Å². The fraction of sp³-hybridized carbons (Fsp3) is 0.273. The molecule has 0 radical (unpaired) electrons. The van der Waals surface area contributed by atoms with Crippen LogP contribution in [0.1, 0.15) is 28.9 Å². The van der Waals surface area contributed by atoms with E-state index in [4.69, 9.17) is 11.6 Å². The predicted octanol–water partition coefficient (Wildman–Crippen LogP) is 4.37. The van der Waals surface area contributed by atoms with E-state index < -0.39 is 11.7 Å². The number of fused-ring (bicyclic) bond motifs is 1. The van der Waals surface area contributed by atoms with Crippen molar-refractivity contribution in [3.63, 3.8) is 0 Å². The number of aromatic nitrogens is 1. The standard InChI is InChI=1S/C22H21ClFN3O2/c1-13-11-15-12-16(26-21(28)14-7-9-25-10-8-14)5-6-19(15)27(13)22(29)20-17(23)3-2-4-18(20)24/h2-6,11-12,14,25H,7-10H2,1H3,(H,26,28). The molecule has 0 aliphatic carbocycles. The number of rotatable bonds is 3. The minimum Gasteiger partial charge on any atom is -0.326 e. The van der Waals surface area contributed by atoms with Crippen LogP contribution in [0.25, 0.3) is 10.9 Å². The summed E-state index contributed by atoms with van der Waals surface area (Å²) < 4.78 is 15.7. The highest BCUT2D eigenvalue weighted by Crippen LogP contribution is 2.27. The Hall–Kier alpha value is -2.70. The summed E-state index contributed by atoms with van der Waals surface area (Å²) in [5.41, 5.74) is 1.81. The van der Waals surface area contributed by atoms with Crippen LogP contribution in [0.15, 0.2) is 42.5 Å². The van der Waals surface area contributed by atoms with Crippen LogP contribution >= 0.6 is 11.6 Å². The molecule has 7 heteroatoms. The average Bonchev–Trinajstić information content (AvgIpc) is 3.03. The highest BCUT2D eigenvalue weighted by Gasteiger charge is 2.23. The maximum absolute atomic E-state index is 14.2. The van der Waals surface area contributed by atoms with Gasteiger partial charge in [-0.25, -0.2) is 4.39 Å². The van der Waals surface area contributed by atoms with Gasteiger partial charge in [0.25, 0.3) is 5.91 Å². The van der Waals surface area contributed by atoms with Gasteiger partial charge in [0.1, 0.15) is 5.82 Å². The molecule has 0 unspecified atom stereocenters. The molecule has 0 saturated carbocycles. The molecule has 2 N–H and O–H groups in total. The Labute approximate surface area is 172 Å². The maximum atomic E-state index is 14.2. The number of anilines is 1. The van der Waals surface area contributed by atoms with Crippen LogP contribution in [-0.4, -0.2) is 29.5 Å². The van der Waals surface area contributed by atoms with Crippen molar-refractivity contribution in [1.82, 2.24) is 9.88 Å². The topological polar surface area (TPSA) is 63.1 Å². The largest absolute Gasteiger partial charge is 0.326 e. The summed E-state index contributed by atoms with van der Waals surface area (Å²) in [6.45, 7) is 3.47. The Kier molecular flexibility index (Phi) is 5.39. The summed E-state index contributed by atoms with van der Waals surface area (Å²) >= 11 is 6.08. The first-order valence-corrected chi connectivity index (χ1v) is 9.96. The molecule has 2 aromatic carbocycles. The Morgan fingerprint density at radius 1 is 1.17 bits per heavy atom. The Balaban J connectivity index is 1.65. The van der Waals surface area contributed by atoms with Crippen molar-refractivity contribution < 1.29 is 14.0 Å². The zero-order valence-corrected chi connectivity index (χ0v) is 16.7. The molecule has 2 heterocycles. The molecule has 1 saturated heterocycles. The highest BCUT2D eigenvalue weighted by atomic mass is 35.5. The third kappa shape index (κ3) is 3.78. The predicted molar refractivity (Wildman–Crippen MR) is 112 cm³/mol. The molecule has 4 rings (SSSR count). The first kappa shape index (κ1) is 19.6. The quantitative estimate of drug-likeness (QED) is 0.670. The van der Waals surface area contributed by atoms with Gasteiger partial charge >= 0.3 is 0 Å². The van der Waals surface area contributed by atoms with Crippen molar-refractivity contribution in [1.29, 1.82) is 0 Å². The smallest absolute Gasteiger partial charge is 0.267 e. The Bertz CT molecular complexity index is 1080. The van der Waals surface area contributed by atoms with Crippen molar-refractivity contribution in [2.45, 2.75) is 19.8 Å². The van der Waals surface area contributed by atoms with Crippen LogP contribution in [0.4, 0.5) is 10.1 Å². The van der Waals surface area contributed by atoms with Crippen molar-refractivity contribution in [2.75, 3.05) is 18.4 Å². The second kappa shape index (κ2) is 7.97. The summed E-state index contributed by atoms with van der Waals surface area (Å²) in [6.07, 6.45) is 1.64. The summed E-state index contributed by atoms with van der Waals surface area (Å²) in [6, 6.07) is 11.4. The summed E-state index contributed by atoms with van der Waals surface area (Å²) in [4.78, 5) is 25.5. The van der Waals surface area contributed by atoms with Crippen LogP contribution < -0.4 is 10.6 Å². The van der Waals surface area contributed by atoms with Gasteiger partial charge in [0.05, 0.1) is 16.1 Å². The number of aryl methyl sites for hydroxylation is 1. The molecule has 1 aromatic heterocycles. The van der Waals surface area contributed by atoms with Gasteiger partial charge in [0.15, 0.2) is 0 Å². The molecular formula is C22H21ClFN3O2. The van der Waals surface area contributed by atoms with E-state index in [9.17, 15) is 14.0 Å². The molecule has 1 amide bonds. The van der Waals surface area contributed by atoms with Crippen LogP contribution in [0, 0.1) is 18.7 Å². The zero-order valence-electron chi connectivity index (χ0n) is 16.0. The number of nitrogens with one attached hydrogen (secondary N) is 2. The lowest BCUT2D eigenvalue weighted by Crippen LogP contribution is -2.34. The van der Waals surface area contributed by atoms with Gasteiger partial charge in [0.2, 0.25) is 5.91 Å². The summed E-state index contributed by atoms with van der Waals surface area (Å²) in [5, 5.41) is 7.07. The van der Waals surface area contributed by atoms with E-state index in [1.54, 1.807) is 19.1 Å². The minimum absolute atomic E-state index is 0.00283. The molecule has 1 aliphatic heterocycles. The Morgan fingerprint density at radius 2 is 1.93 bits per heavy atom. The SMILES string of the molecule is Cc1cc2cc(NC(=O)C3CCNCC3)ccc2n1C(=O)c1c(F)cccc1Cl. The van der Waals surface area contributed by atoms with Crippen molar-refractivity contribution in [3.8, 4) is 0 Å². The molecule has 5 nitrogen and oxygen atoms in total. The first-order valence-electron chi connectivity index (χ1n) is 9.58. The van der Waals surface area contributed by atoms with Gasteiger partial charge < -0.3 is 10.6 Å². The molecular weight excluding hydrogens is 393 g/mol. The van der Waals surface area contributed by atoms with Crippen LogP contribution in [-0.2, 0) is 4.79 Å². The lowest BCUT2D eigenvalue weighted by atomic mass is 9.97. The van der Waals surface area contributed by atoms with E-state index in [0.29, 0.717) is 16.9 Å². The highest BCUT2D eigenvalue weighted by molar-refractivity contribution is 6.34. The second-order valence-corrected chi connectivity index (χ2v) is 7.72. The summed E-state index contributed by atoms with van der Waals surface area (Å²) in [5.74, 6) is -1.17. The van der Waals surface area contributed by atoms with E-state index >= 15 is 0 Å². The fourth-order valence-corrected chi connectivity index (χ4v) is 4.09. The van der Waals surface area contributed by atoms with Crippen molar-refractivity contribution in [3.05, 3.63) is 64.6 Å². The number of nitrogens with zero attached hydrogens (tertiary/aromatic N) is 1. The van der Waals surface area contributed by atoms with Gasteiger partial charge in [-0.1, -0.05) is 17.7 Å². The molecule has 29 heavy (non-hydrogen) atoms. The van der Waals surface area contributed by atoms with Crippen molar-refractivity contribution >= 4 is 40.0 Å². The van der Waals surface area contributed by atoms with Gasteiger partial charge in [-0.3, -0.25) is 14.2 Å². The first-order chi connectivity index (χ1) is 14.0. The molecule has 0 atom stereocenters. The number of benzene rings is 2. The van der Waals surface area contributed by atoms with E-state index in [-0.39, 0.29) is 22.4 Å². The lowest BCUT2D eigenvalue weighted by molar-refractivity contribution is -0.120. The van der Waals surface area contributed by atoms with E-state index in [1.807, 2.05) is 12.1 Å². The van der Waals surface area contributed by atoms with Gasteiger partial charge in [-0.2, -0.15) is 0 Å². The van der Waals surface area contributed by atoms with Crippen LogP contribution in [0.3, 0.4) is 0 Å². The molecule has 1 fully saturated rings. The normalized spacial score (nSPS) is 14.9. The zero-order chi connectivity index (χ0) is 20.5. The average molecular weight is 414 g/mol. The minimum atomic E-state index is -0.658.